The summed E-state index contributed by atoms with van der Waals surface area (Å²) >= 11 is 0. The van der Waals surface area contributed by atoms with E-state index in [-0.39, 0.29) is 24.7 Å². The molecule has 1 aliphatic rings. The van der Waals surface area contributed by atoms with Crippen LogP contribution in [0.4, 0.5) is 4.79 Å². The number of piperazine rings is 1. The van der Waals surface area contributed by atoms with Crippen LogP contribution in [0.3, 0.4) is 0 Å². The quantitative estimate of drug-likeness (QED) is 0.893. The average molecular weight is 306 g/mol. The van der Waals surface area contributed by atoms with Gasteiger partial charge >= 0.3 is 6.09 Å². The predicted molar refractivity (Wildman–Crippen MR) is 85.5 cm³/mol. The van der Waals surface area contributed by atoms with Gasteiger partial charge in [0, 0.05) is 19.6 Å². The lowest BCUT2D eigenvalue weighted by Crippen LogP contribution is -2.62. The Labute approximate surface area is 132 Å². The lowest BCUT2D eigenvalue weighted by atomic mass is 9.84. The van der Waals surface area contributed by atoms with Crippen LogP contribution in [0.5, 0.6) is 0 Å². The highest BCUT2D eigenvalue weighted by atomic mass is 16.6. The lowest BCUT2D eigenvalue weighted by Gasteiger charge is -2.42. The van der Waals surface area contributed by atoms with Crippen molar-refractivity contribution in [3.63, 3.8) is 0 Å². The number of amides is 1. The summed E-state index contributed by atoms with van der Waals surface area (Å²) in [6.07, 6.45) is -0.324. The van der Waals surface area contributed by atoms with Crippen molar-refractivity contribution in [3.05, 3.63) is 35.9 Å². The third-order valence-corrected chi connectivity index (χ3v) is 4.51. The summed E-state index contributed by atoms with van der Waals surface area (Å²) in [5.41, 5.74) is 0.106. The molecule has 1 saturated heterocycles. The van der Waals surface area contributed by atoms with E-state index in [1.165, 1.54) is 0 Å². The molecule has 5 nitrogen and oxygen atoms in total. The molecule has 2 N–H and O–H groups in total. The molecular weight excluding hydrogens is 280 g/mol. The zero-order chi connectivity index (χ0) is 16.2. The second-order valence-corrected chi connectivity index (χ2v) is 6.37. The summed E-state index contributed by atoms with van der Waals surface area (Å²) < 4.78 is 5.37. The van der Waals surface area contributed by atoms with Crippen LogP contribution in [0.15, 0.2) is 30.3 Å². The second kappa shape index (κ2) is 7.11. The molecule has 0 bridgehead atoms. The third-order valence-electron chi connectivity index (χ3n) is 4.51. The van der Waals surface area contributed by atoms with Crippen LogP contribution in [-0.4, -0.2) is 47.4 Å². The minimum atomic E-state index is -0.863. The fourth-order valence-electron chi connectivity index (χ4n) is 2.52. The summed E-state index contributed by atoms with van der Waals surface area (Å²) in [6.45, 7) is 7.76. The van der Waals surface area contributed by atoms with Gasteiger partial charge in [-0.25, -0.2) is 4.79 Å². The first-order chi connectivity index (χ1) is 10.4. The van der Waals surface area contributed by atoms with Crippen LogP contribution in [0.1, 0.15) is 26.3 Å². The molecule has 2 atom stereocenters. The maximum atomic E-state index is 12.2. The smallest absolute Gasteiger partial charge is 0.410 e. The summed E-state index contributed by atoms with van der Waals surface area (Å²) in [6, 6.07) is 9.48. The minimum absolute atomic E-state index is 0.102. The van der Waals surface area contributed by atoms with Crippen LogP contribution >= 0.6 is 0 Å². The Morgan fingerprint density at radius 3 is 2.77 bits per heavy atom. The van der Waals surface area contributed by atoms with E-state index in [2.05, 4.69) is 5.32 Å². The molecule has 0 radical (unpaired) electrons. The molecule has 2 rings (SSSR count). The fraction of sp³-hybridized carbons (Fsp3) is 0.588. The molecule has 0 saturated carbocycles. The Balaban J connectivity index is 1.90. The van der Waals surface area contributed by atoms with E-state index in [4.69, 9.17) is 4.74 Å². The number of aliphatic hydroxyl groups is 1. The summed E-state index contributed by atoms with van der Waals surface area (Å²) in [5, 5.41) is 13.9. The molecule has 0 unspecified atom stereocenters. The molecule has 5 heteroatoms. The van der Waals surface area contributed by atoms with E-state index in [1.807, 2.05) is 51.1 Å². The molecule has 122 valence electrons. The van der Waals surface area contributed by atoms with Crippen LogP contribution in [0.25, 0.3) is 0 Å². The van der Waals surface area contributed by atoms with Gasteiger partial charge in [-0.2, -0.15) is 0 Å². The van der Waals surface area contributed by atoms with E-state index in [1.54, 1.807) is 4.90 Å². The average Bonchev–Trinajstić information content (AvgIpc) is 2.53. The van der Waals surface area contributed by atoms with Gasteiger partial charge in [0.15, 0.2) is 0 Å². The van der Waals surface area contributed by atoms with E-state index in [0.29, 0.717) is 19.6 Å². The van der Waals surface area contributed by atoms with Crippen molar-refractivity contribution in [2.75, 3.05) is 19.6 Å². The highest BCUT2D eigenvalue weighted by Crippen LogP contribution is 2.23. The third kappa shape index (κ3) is 3.99. The van der Waals surface area contributed by atoms with Crippen molar-refractivity contribution < 1.29 is 14.6 Å². The molecule has 1 aliphatic heterocycles. The maximum absolute atomic E-state index is 12.2. The monoisotopic (exact) mass is 306 g/mol. The normalized spacial score (nSPS) is 21.5. The lowest BCUT2D eigenvalue weighted by molar-refractivity contribution is -0.0406. The minimum Gasteiger partial charge on any atom is -0.445 e. The van der Waals surface area contributed by atoms with Crippen LogP contribution in [-0.2, 0) is 11.3 Å². The molecule has 1 heterocycles. The van der Waals surface area contributed by atoms with Crippen LogP contribution in [0.2, 0.25) is 0 Å². The summed E-state index contributed by atoms with van der Waals surface area (Å²) in [4.78, 5) is 13.9. The van der Waals surface area contributed by atoms with Crippen molar-refractivity contribution in [1.82, 2.24) is 10.2 Å². The first-order valence-electron chi connectivity index (χ1n) is 7.82. The number of ether oxygens (including phenoxy) is 1. The SMILES string of the molecule is CC(C)[C@@](C)(O)[C@@H]1CN(C(=O)OCc2ccccc2)CCN1. The van der Waals surface area contributed by atoms with Gasteiger partial charge in [-0.3, -0.25) is 0 Å². The van der Waals surface area contributed by atoms with Gasteiger partial charge in [0.25, 0.3) is 0 Å². The van der Waals surface area contributed by atoms with E-state index in [9.17, 15) is 9.90 Å². The Hall–Kier alpha value is -1.59. The molecule has 0 aliphatic carbocycles. The number of hydrogen-bond acceptors (Lipinski definition) is 4. The second-order valence-electron chi connectivity index (χ2n) is 6.37. The molecule has 1 aromatic rings. The molecule has 1 aromatic carbocycles. The molecule has 1 amide bonds. The van der Waals surface area contributed by atoms with Gasteiger partial charge in [0.2, 0.25) is 0 Å². The predicted octanol–water partition coefficient (Wildman–Crippen LogP) is 2.00. The first kappa shape index (κ1) is 16.8. The van der Waals surface area contributed by atoms with Gasteiger partial charge in [-0.1, -0.05) is 44.2 Å². The molecule has 1 fully saturated rings. The zero-order valence-corrected chi connectivity index (χ0v) is 13.6. The number of nitrogens with one attached hydrogen (secondary N) is 1. The van der Waals surface area contributed by atoms with Crippen molar-refractivity contribution >= 4 is 6.09 Å². The Bertz CT molecular complexity index is 488. The van der Waals surface area contributed by atoms with E-state index in [0.717, 1.165) is 5.56 Å². The number of rotatable bonds is 4. The van der Waals surface area contributed by atoms with Gasteiger partial charge < -0.3 is 20.1 Å². The Morgan fingerprint density at radius 1 is 1.45 bits per heavy atom. The highest BCUT2D eigenvalue weighted by molar-refractivity contribution is 5.67. The van der Waals surface area contributed by atoms with E-state index < -0.39 is 5.60 Å². The standard InChI is InChI=1S/C17H26N2O3/c1-13(2)17(3,21)15-11-19(10-9-18-15)16(20)22-12-14-7-5-4-6-8-14/h4-8,13,15,18,21H,9-12H2,1-3H3/t15-,17+/m0/s1. The molecule has 0 aromatic heterocycles. The number of hydrogen-bond donors (Lipinski definition) is 2. The zero-order valence-electron chi connectivity index (χ0n) is 13.6. The fourth-order valence-corrected chi connectivity index (χ4v) is 2.52. The highest BCUT2D eigenvalue weighted by Gasteiger charge is 2.38. The van der Waals surface area contributed by atoms with Crippen molar-refractivity contribution in [2.45, 2.75) is 39.0 Å². The van der Waals surface area contributed by atoms with Gasteiger partial charge in [-0.05, 0) is 18.4 Å². The Kier molecular flexibility index (Phi) is 5.42. The topological polar surface area (TPSA) is 61.8 Å². The maximum Gasteiger partial charge on any atom is 0.410 e. The van der Waals surface area contributed by atoms with Gasteiger partial charge in [0.05, 0.1) is 11.6 Å². The number of benzene rings is 1. The van der Waals surface area contributed by atoms with Gasteiger partial charge in [0.1, 0.15) is 6.61 Å². The van der Waals surface area contributed by atoms with Crippen molar-refractivity contribution in [1.29, 1.82) is 0 Å². The number of carbonyl (C=O) groups is 1. The molecular formula is C17H26N2O3. The van der Waals surface area contributed by atoms with Gasteiger partial charge in [-0.15, -0.1) is 0 Å². The Morgan fingerprint density at radius 2 is 2.14 bits per heavy atom. The summed E-state index contributed by atoms with van der Waals surface area (Å²) in [5.74, 6) is 0.102. The molecule has 22 heavy (non-hydrogen) atoms. The number of nitrogens with zero attached hydrogens (tertiary/aromatic N) is 1. The number of carbonyl (C=O) groups excluding carboxylic acids is 1. The van der Waals surface area contributed by atoms with E-state index >= 15 is 0 Å². The van der Waals surface area contributed by atoms with Crippen molar-refractivity contribution in [2.24, 2.45) is 5.92 Å². The molecule has 0 spiro atoms. The summed E-state index contributed by atoms with van der Waals surface area (Å²) in [7, 11) is 0. The largest absolute Gasteiger partial charge is 0.445 e. The van der Waals surface area contributed by atoms with Crippen LogP contribution < -0.4 is 5.32 Å². The first-order valence-corrected chi connectivity index (χ1v) is 7.82. The van der Waals surface area contributed by atoms with Crippen LogP contribution in [0, 0.1) is 5.92 Å². The van der Waals surface area contributed by atoms with Crippen molar-refractivity contribution in [3.8, 4) is 0 Å².